The molecule has 0 fully saturated rings. The number of furan rings is 1. The molecule has 0 aliphatic rings. The van der Waals surface area contributed by atoms with Gasteiger partial charge in [-0.25, -0.2) is 14.7 Å². The van der Waals surface area contributed by atoms with Crippen LogP contribution in [-0.4, -0.2) is 27.8 Å². The number of carbonyl (C=O) groups excluding carboxylic acids is 1. The Hall–Kier alpha value is -1.96. The molecule has 7 nitrogen and oxygen atoms in total. The number of ether oxygens (including phenoxy) is 1. The molecule has 1 unspecified atom stereocenters. The summed E-state index contributed by atoms with van der Waals surface area (Å²) in [5, 5.41) is 6.87. The molecule has 0 bridgehead atoms. The molecule has 108 valence electrons. The Morgan fingerprint density at radius 1 is 1.60 bits per heavy atom. The summed E-state index contributed by atoms with van der Waals surface area (Å²) in [7, 11) is 1.30. The number of nitrogens with one attached hydrogen (secondary N) is 1. The lowest BCUT2D eigenvalue weighted by Crippen LogP contribution is -2.16. The van der Waals surface area contributed by atoms with Crippen LogP contribution in [-0.2, 0) is 11.3 Å². The second-order valence-corrected chi connectivity index (χ2v) is 5.32. The fraction of sp³-hybridized carbons (Fsp3) is 0.417. The van der Waals surface area contributed by atoms with Gasteiger partial charge in [0.2, 0.25) is 5.76 Å². The third kappa shape index (κ3) is 2.79. The van der Waals surface area contributed by atoms with Crippen LogP contribution in [0.25, 0.3) is 0 Å². The standard InChI is InChI=1S/C12H15N3O4S/c1-4-15-11(17)13-14-12(15)20-7(2)8-5-6-9(19-8)10(16)18-3/h5-7H,4H2,1-3H3,(H,13,17). The van der Waals surface area contributed by atoms with Crippen molar-refractivity contribution < 1.29 is 13.9 Å². The van der Waals surface area contributed by atoms with E-state index in [0.717, 1.165) is 0 Å². The van der Waals surface area contributed by atoms with Gasteiger partial charge in [0.15, 0.2) is 5.16 Å². The van der Waals surface area contributed by atoms with Crippen LogP contribution in [0.4, 0.5) is 0 Å². The van der Waals surface area contributed by atoms with Crippen LogP contribution in [0.15, 0.2) is 26.5 Å². The fourth-order valence-corrected chi connectivity index (χ4v) is 2.67. The van der Waals surface area contributed by atoms with E-state index in [1.165, 1.54) is 23.4 Å². The molecule has 2 aromatic rings. The van der Waals surface area contributed by atoms with E-state index < -0.39 is 5.97 Å². The van der Waals surface area contributed by atoms with Crippen molar-refractivity contribution in [2.24, 2.45) is 0 Å². The molecule has 0 amide bonds. The Labute approximate surface area is 119 Å². The minimum atomic E-state index is -0.515. The summed E-state index contributed by atoms with van der Waals surface area (Å²) in [6, 6.07) is 3.28. The zero-order valence-corrected chi connectivity index (χ0v) is 12.2. The van der Waals surface area contributed by atoms with Gasteiger partial charge in [0.05, 0.1) is 12.4 Å². The summed E-state index contributed by atoms with van der Waals surface area (Å²) in [6.45, 7) is 4.31. The van der Waals surface area contributed by atoms with Gasteiger partial charge in [0, 0.05) is 6.54 Å². The largest absolute Gasteiger partial charge is 0.463 e. The molecule has 0 aromatic carbocycles. The van der Waals surface area contributed by atoms with Crippen LogP contribution in [0.3, 0.4) is 0 Å². The lowest BCUT2D eigenvalue weighted by molar-refractivity contribution is 0.0563. The van der Waals surface area contributed by atoms with E-state index in [4.69, 9.17) is 4.42 Å². The maximum absolute atomic E-state index is 11.5. The maximum atomic E-state index is 11.5. The summed E-state index contributed by atoms with van der Waals surface area (Å²) in [6.07, 6.45) is 0. The Kier molecular flexibility index (Phi) is 4.33. The zero-order chi connectivity index (χ0) is 14.7. The average Bonchev–Trinajstić information content (AvgIpc) is 3.05. The number of methoxy groups -OCH3 is 1. The van der Waals surface area contributed by atoms with Crippen LogP contribution in [0, 0.1) is 0 Å². The molecule has 1 N–H and O–H groups in total. The van der Waals surface area contributed by atoms with Crippen molar-refractivity contribution in [2.45, 2.75) is 30.8 Å². The predicted octanol–water partition coefficient (Wildman–Crippen LogP) is 1.82. The van der Waals surface area contributed by atoms with Crippen molar-refractivity contribution in [3.8, 4) is 0 Å². The van der Waals surface area contributed by atoms with Crippen molar-refractivity contribution in [1.82, 2.24) is 14.8 Å². The highest BCUT2D eigenvalue weighted by atomic mass is 32.2. The minimum absolute atomic E-state index is 0.0890. The molecule has 2 aromatic heterocycles. The first-order chi connectivity index (χ1) is 9.56. The van der Waals surface area contributed by atoms with Crippen LogP contribution in [0.5, 0.6) is 0 Å². The fourth-order valence-electron chi connectivity index (χ4n) is 1.67. The quantitative estimate of drug-likeness (QED) is 0.669. The molecule has 8 heteroatoms. The van der Waals surface area contributed by atoms with Gasteiger partial charge in [-0.05, 0) is 26.0 Å². The van der Waals surface area contributed by atoms with Gasteiger partial charge in [-0.3, -0.25) is 4.57 Å². The van der Waals surface area contributed by atoms with Crippen molar-refractivity contribution >= 4 is 17.7 Å². The molecule has 2 heterocycles. The summed E-state index contributed by atoms with van der Waals surface area (Å²) in [5.41, 5.74) is -0.239. The Balaban J connectivity index is 2.15. The van der Waals surface area contributed by atoms with Crippen molar-refractivity contribution in [3.63, 3.8) is 0 Å². The van der Waals surface area contributed by atoms with E-state index in [9.17, 15) is 9.59 Å². The number of hydrogen-bond donors (Lipinski definition) is 1. The smallest absolute Gasteiger partial charge is 0.373 e. The van der Waals surface area contributed by atoms with Crippen LogP contribution in [0.2, 0.25) is 0 Å². The second kappa shape index (κ2) is 6.00. The molecule has 2 rings (SSSR count). The van der Waals surface area contributed by atoms with Gasteiger partial charge >= 0.3 is 11.7 Å². The molecular formula is C12H15N3O4S. The number of aromatic nitrogens is 3. The highest BCUT2D eigenvalue weighted by Crippen LogP contribution is 2.34. The van der Waals surface area contributed by atoms with Crippen molar-refractivity contribution in [3.05, 3.63) is 34.1 Å². The number of esters is 1. The molecule has 0 radical (unpaired) electrons. The Morgan fingerprint density at radius 3 is 3.00 bits per heavy atom. The second-order valence-electron chi connectivity index (χ2n) is 4.01. The third-order valence-corrected chi connectivity index (χ3v) is 3.84. The highest BCUT2D eigenvalue weighted by molar-refractivity contribution is 7.99. The molecule has 0 aliphatic carbocycles. The molecule has 0 aliphatic heterocycles. The van der Waals surface area contributed by atoms with Gasteiger partial charge in [-0.1, -0.05) is 11.8 Å². The first-order valence-corrected chi connectivity index (χ1v) is 6.94. The van der Waals surface area contributed by atoms with E-state index in [1.54, 1.807) is 12.1 Å². The Bertz CT molecular complexity index is 658. The third-order valence-electron chi connectivity index (χ3n) is 2.74. The summed E-state index contributed by atoms with van der Waals surface area (Å²) < 4.78 is 11.5. The predicted molar refractivity (Wildman–Crippen MR) is 72.8 cm³/mol. The van der Waals surface area contributed by atoms with E-state index in [1.807, 2.05) is 13.8 Å². The lowest BCUT2D eigenvalue weighted by Gasteiger charge is -2.07. The number of nitrogens with zero attached hydrogens (tertiary/aromatic N) is 2. The number of rotatable bonds is 5. The monoisotopic (exact) mass is 297 g/mol. The number of hydrogen-bond acceptors (Lipinski definition) is 6. The van der Waals surface area contributed by atoms with Gasteiger partial charge in [-0.2, -0.15) is 0 Å². The molecular weight excluding hydrogens is 282 g/mol. The molecule has 20 heavy (non-hydrogen) atoms. The van der Waals surface area contributed by atoms with E-state index in [2.05, 4.69) is 14.9 Å². The summed E-state index contributed by atoms with van der Waals surface area (Å²) in [5.74, 6) is 0.261. The van der Waals surface area contributed by atoms with E-state index in [0.29, 0.717) is 17.5 Å². The number of thioether (sulfide) groups is 1. The summed E-state index contributed by atoms with van der Waals surface area (Å²) >= 11 is 1.38. The topological polar surface area (TPSA) is 90.1 Å². The van der Waals surface area contributed by atoms with Crippen molar-refractivity contribution in [1.29, 1.82) is 0 Å². The van der Waals surface area contributed by atoms with Gasteiger partial charge < -0.3 is 9.15 Å². The zero-order valence-electron chi connectivity index (χ0n) is 11.4. The highest BCUT2D eigenvalue weighted by Gasteiger charge is 2.18. The number of H-pyrrole nitrogens is 1. The Morgan fingerprint density at radius 2 is 2.35 bits per heavy atom. The van der Waals surface area contributed by atoms with Gasteiger partial charge in [0.25, 0.3) is 0 Å². The maximum Gasteiger partial charge on any atom is 0.373 e. The van der Waals surface area contributed by atoms with Crippen LogP contribution >= 0.6 is 11.8 Å². The van der Waals surface area contributed by atoms with E-state index >= 15 is 0 Å². The van der Waals surface area contributed by atoms with Gasteiger partial charge in [-0.15, -0.1) is 5.10 Å². The average molecular weight is 297 g/mol. The molecule has 1 atom stereocenters. The van der Waals surface area contributed by atoms with Crippen LogP contribution < -0.4 is 5.69 Å². The number of aromatic amines is 1. The minimum Gasteiger partial charge on any atom is -0.463 e. The SMILES string of the molecule is CCn1c(SC(C)c2ccc(C(=O)OC)o2)n[nH]c1=O. The van der Waals surface area contributed by atoms with Crippen molar-refractivity contribution in [2.75, 3.05) is 7.11 Å². The van der Waals surface area contributed by atoms with Crippen LogP contribution in [0.1, 0.15) is 35.4 Å². The number of carbonyl (C=O) groups is 1. The normalized spacial score (nSPS) is 12.3. The van der Waals surface area contributed by atoms with Gasteiger partial charge in [0.1, 0.15) is 5.76 Å². The lowest BCUT2D eigenvalue weighted by atomic mass is 10.3. The molecule has 0 saturated heterocycles. The first kappa shape index (κ1) is 14.4. The summed E-state index contributed by atoms with van der Waals surface area (Å²) in [4.78, 5) is 22.8. The first-order valence-electron chi connectivity index (χ1n) is 6.06. The molecule has 0 saturated carbocycles. The van der Waals surface area contributed by atoms with E-state index in [-0.39, 0.29) is 16.7 Å². The molecule has 0 spiro atoms.